The minimum absolute atomic E-state index is 0.0489. The van der Waals surface area contributed by atoms with Gasteiger partial charge in [-0.3, -0.25) is 0 Å². The minimum atomic E-state index is -0.0489. The van der Waals surface area contributed by atoms with Crippen LogP contribution in [-0.2, 0) is 0 Å². The summed E-state index contributed by atoms with van der Waals surface area (Å²) in [6.45, 7) is 3.60. The highest BCUT2D eigenvalue weighted by molar-refractivity contribution is 4.85. The van der Waals surface area contributed by atoms with Crippen LogP contribution in [-0.4, -0.2) is 35.7 Å². The fourth-order valence-electron chi connectivity index (χ4n) is 3.63. The highest BCUT2D eigenvalue weighted by Crippen LogP contribution is 2.31. The fourth-order valence-corrected chi connectivity index (χ4v) is 3.63. The maximum absolute atomic E-state index is 9.78. The molecule has 0 amide bonds. The van der Waals surface area contributed by atoms with Gasteiger partial charge in [-0.2, -0.15) is 0 Å². The van der Waals surface area contributed by atoms with E-state index in [1.165, 1.54) is 38.6 Å². The largest absolute Gasteiger partial charge is 0.393 e. The van der Waals surface area contributed by atoms with Gasteiger partial charge in [-0.25, -0.2) is 0 Å². The summed E-state index contributed by atoms with van der Waals surface area (Å²) >= 11 is 0. The molecule has 3 unspecified atom stereocenters. The quantitative estimate of drug-likeness (QED) is 0.798. The van der Waals surface area contributed by atoms with Gasteiger partial charge in [-0.15, -0.1) is 0 Å². The average Bonchev–Trinajstić information content (AvgIpc) is 2.74. The van der Waals surface area contributed by atoms with Gasteiger partial charge in [0.25, 0.3) is 0 Å². The predicted octanol–water partition coefficient (Wildman–Crippen LogP) is 2.66. The smallest absolute Gasteiger partial charge is 0.0555 e. The molecule has 2 heteroatoms. The molecule has 0 aromatic rings. The summed E-state index contributed by atoms with van der Waals surface area (Å²) < 4.78 is 0. The van der Waals surface area contributed by atoms with Crippen molar-refractivity contribution in [2.24, 2.45) is 11.8 Å². The van der Waals surface area contributed by atoms with Gasteiger partial charge >= 0.3 is 0 Å². The van der Waals surface area contributed by atoms with Crippen LogP contribution in [0.15, 0.2) is 0 Å². The maximum atomic E-state index is 9.78. The third-order valence-electron chi connectivity index (χ3n) is 4.71. The van der Waals surface area contributed by atoms with Crippen molar-refractivity contribution in [2.45, 2.75) is 64.0 Å². The number of hydrogen-bond acceptors (Lipinski definition) is 2. The summed E-state index contributed by atoms with van der Waals surface area (Å²) in [6.07, 6.45) is 8.86. The average molecular weight is 225 g/mol. The summed E-state index contributed by atoms with van der Waals surface area (Å²) in [7, 11) is 2.26. The van der Waals surface area contributed by atoms with Crippen LogP contribution in [0.2, 0.25) is 0 Å². The third kappa shape index (κ3) is 2.98. The van der Waals surface area contributed by atoms with Gasteiger partial charge in [0.2, 0.25) is 0 Å². The summed E-state index contributed by atoms with van der Waals surface area (Å²) in [6, 6.07) is 0.615. The van der Waals surface area contributed by atoms with E-state index in [9.17, 15) is 5.11 Å². The van der Waals surface area contributed by atoms with E-state index in [0.29, 0.717) is 6.04 Å². The molecule has 0 aromatic heterocycles. The van der Waals surface area contributed by atoms with E-state index in [0.717, 1.165) is 24.7 Å². The Morgan fingerprint density at radius 1 is 1.12 bits per heavy atom. The van der Waals surface area contributed by atoms with Crippen LogP contribution in [0.5, 0.6) is 0 Å². The summed E-state index contributed by atoms with van der Waals surface area (Å²) in [5, 5.41) is 9.78. The first kappa shape index (κ1) is 12.4. The van der Waals surface area contributed by atoms with Crippen molar-refractivity contribution < 1.29 is 5.11 Å². The van der Waals surface area contributed by atoms with E-state index >= 15 is 0 Å². The standard InChI is InChI=1S/C14H27NO/c1-11-7-8-13(16)9-14(11)15(2)10-12-5-3-4-6-12/h11-14,16H,3-10H2,1-2H3. The molecule has 2 rings (SSSR count). The summed E-state index contributed by atoms with van der Waals surface area (Å²) in [4.78, 5) is 2.53. The van der Waals surface area contributed by atoms with E-state index < -0.39 is 0 Å². The van der Waals surface area contributed by atoms with Crippen LogP contribution in [0.25, 0.3) is 0 Å². The van der Waals surface area contributed by atoms with Crippen molar-refractivity contribution in [1.82, 2.24) is 4.90 Å². The van der Waals surface area contributed by atoms with Crippen LogP contribution < -0.4 is 0 Å². The Bertz CT molecular complexity index is 213. The highest BCUT2D eigenvalue weighted by atomic mass is 16.3. The van der Waals surface area contributed by atoms with Crippen molar-refractivity contribution in [3.05, 3.63) is 0 Å². The van der Waals surface area contributed by atoms with Gasteiger partial charge < -0.3 is 10.0 Å². The van der Waals surface area contributed by atoms with Gasteiger partial charge in [-0.1, -0.05) is 19.8 Å². The highest BCUT2D eigenvalue weighted by Gasteiger charge is 2.30. The molecular formula is C14H27NO. The zero-order chi connectivity index (χ0) is 11.5. The van der Waals surface area contributed by atoms with Gasteiger partial charge in [-0.05, 0) is 51.0 Å². The molecule has 94 valence electrons. The van der Waals surface area contributed by atoms with Crippen LogP contribution in [0, 0.1) is 11.8 Å². The predicted molar refractivity (Wildman–Crippen MR) is 67.4 cm³/mol. The molecule has 0 heterocycles. The molecule has 0 radical (unpaired) electrons. The first-order valence-electron chi connectivity index (χ1n) is 7.05. The second-order valence-corrected chi connectivity index (χ2v) is 6.10. The topological polar surface area (TPSA) is 23.5 Å². The molecule has 2 aliphatic carbocycles. The Labute approximate surface area is 100 Å². The van der Waals surface area contributed by atoms with E-state index in [1.807, 2.05) is 0 Å². The van der Waals surface area contributed by atoms with E-state index in [4.69, 9.17) is 0 Å². The molecule has 0 aliphatic heterocycles. The molecule has 3 atom stereocenters. The van der Waals surface area contributed by atoms with Crippen molar-refractivity contribution in [1.29, 1.82) is 0 Å². The lowest BCUT2D eigenvalue weighted by molar-refractivity contribution is 0.0377. The molecule has 0 bridgehead atoms. The van der Waals surface area contributed by atoms with Gasteiger partial charge in [0, 0.05) is 12.6 Å². The Hall–Kier alpha value is -0.0800. The van der Waals surface area contributed by atoms with Gasteiger partial charge in [0.15, 0.2) is 0 Å². The summed E-state index contributed by atoms with van der Waals surface area (Å²) in [5.41, 5.74) is 0. The van der Waals surface area contributed by atoms with Crippen molar-refractivity contribution in [3.8, 4) is 0 Å². The van der Waals surface area contributed by atoms with Crippen LogP contribution in [0.4, 0.5) is 0 Å². The van der Waals surface area contributed by atoms with Crippen molar-refractivity contribution in [2.75, 3.05) is 13.6 Å². The van der Waals surface area contributed by atoms with Crippen LogP contribution in [0.3, 0.4) is 0 Å². The Morgan fingerprint density at radius 2 is 1.81 bits per heavy atom. The molecule has 0 saturated heterocycles. The molecule has 2 fully saturated rings. The number of rotatable bonds is 3. The van der Waals surface area contributed by atoms with Gasteiger partial charge in [0.1, 0.15) is 0 Å². The van der Waals surface area contributed by atoms with Crippen LogP contribution >= 0.6 is 0 Å². The lowest BCUT2D eigenvalue weighted by Crippen LogP contribution is -2.44. The van der Waals surface area contributed by atoms with E-state index in [1.54, 1.807) is 0 Å². The number of nitrogens with zero attached hydrogens (tertiary/aromatic N) is 1. The Kier molecular flexibility index (Phi) is 4.26. The van der Waals surface area contributed by atoms with E-state index in [2.05, 4.69) is 18.9 Å². The monoisotopic (exact) mass is 225 g/mol. The first-order valence-corrected chi connectivity index (χ1v) is 7.05. The SMILES string of the molecule is CC1CCC(O)CC1N(C)CC1CCCC1. The molecule has 1 N–H and O–H groups in total. The third-order valence-corrected chi connectivity index (χ3v) is 4.71. The second-order valence-electron chi connectivity index (χ2n) is 6.10. The lowest BCUT2D eigenvalue weighted by Gasteiger charge is -2.39. The summed E-state index contributed by atoms with van der Waals surface area (Å²) in [5.74, 6) is 1.69. The molecular weight excluding hydrogens is 198 g/mol. The molecule has 0 spiro atoms. The minimum Gasteiger partial charge on any atom is -0.393 e. The normalized spacial score (nSPS) is 37.1. The fraction of sp³-hybridized carbons (Fsp3) is 1.00. The maximum Gasteiger partial charge on any atom is 0.0555 e. The van der Waals surface area contributed by atoms with Crippen LogP contribution in [0.1, 0.15) is 51.9 Å². The van der Waals surface area contributed by atoms with Crippen molar-refractivity contribution >= 4 is 0 Å². The molecule has 2 nitrogen and oxygen atoms in total. The molecule has 0 aromatic carbocycles. The zero-order valence-corrected chi connectivity index (χ0v) is 10.9. The molecule has 2 saturated carbocycles. The lowest BCUT2D eigenvalue weighted by atomic mass is 9.83. The van der Waals surface area contributed by atoms with Crippen molar-refractivity contribution in [3.63, 3.8) is 0 Å². The molecule has 2 aliphatic rings. The number of aliphatic hydroxyl groups excluding tert-OH is 1. The number of aliphatic hydroxyl groups is 1. The zero-order valence-electron chi connectivity index (χ0n) is 10.9. The second kappa shape index (κ2) is 5.50. The number of hydrogen-bond donors (Lipinski definition) is 1. The molecule has 16 heavy (non-hydrogen) atoms. The van der Waals surface area contributed by atoms with Gasteiger partial charge in [0.05, 0.1) is 6.10 Å². The van der Waals surface area contributed by atoms with E-state index in [-0.39, 0.29) is 6.10 Å². The Morgan fingerprint density at radius 3 is 2.50 bits per heavy atom. The first-order chi connectivity index (χ1) is 7.66. The Balaban J connectivity index is 1.84.